The molecule has 1 heterocycles. The summed E-state index contributed by atoms with van der Waals surface area (Å²) in [5.74, 6) is 0. The van der Waals surface area contributed by atoms with Gasteiger partial charge in [0, 0.05) is 23.2 Å². The van der Waals surface area contributed by atoms with Gasteiger partial charge in [-0.2, -0.15) is 0 Å². The van der Waals surface area contributed by atoms with Crippen molar-refractivity contribution < 1.29 is 0 Å². The van der Waals surface area contributed by atoms with Crippen LogP contribution in [0.3, 0.4) is 0 Å². The van der Waals surface area contributed by atoms with Gasteiger partial charge in [0.25, 0.3) is 0 Å². The summed E-state index contributed by atoms with van der Waals surface area (Å²) in [5, 5.41) is 7.10. The number of hydrogen-bond acceptors (Lipinski definition) is 2. The minimum Gasteiger partial charge on any atom is -0.342 e. The van der Waals surface area contributed by atoms with Crippen molar-refractivity contribution in [3.05, 3.63) is 121 Å². The van der Waals surface area contributed by atoms with Gasteiger partial charge in [-0.1, -0.05) is 84.9 Å². The van der Waals surface area contributed by atoms with Crippen LogP contribution >= 0.6 is 0 Å². The maximum atomic E-state index is 5.20. The summed E-state index contributed by atoms with van der Waals surface area (Å²) in [6, 6.07) is 38.1. The summed E-state index contributed by atoms with van der Waals surface area (Å²) in [5.41, 5.74) is 6.11. The van der Waals surface area contributed by atoms with Gasteiger partial charge in [0.1, 0.15) is 0 Å². The molecule has 3 heteroatoms. The average Bonchev–Trinajstić information content (AvgIpc) is 3.30. The van der Waals surface area contributed by atoms with Crippen molar-refractivity contribution >= 4 is 55.1 Å². The molecule has 0 amide bonds. The van der Waals surface area contributed by atoms with Crippen LogP contribution in [0, 0.1) is 0 Å². The van der Waals surface area contributed by atoms with E-state index in [1.54, 1.807) is 0 Å². The Morgan fingerprint density at radius 1 is 0.528 bits per heavy atom. The molecule has 0 N–H and O–H groups in total. The Morgan fingerprint density at radius 3 is 1.67 bits per heavy atom. The summed E-state index contributed by atoms with van der Waals surface area (Å²) in [6.07, 6.45) is 0. The third-order valence-electron chi connectivity index (χ3n) is 6.94. The molecule has 6 aromatic rings. The zero-order valence-corrected chi connectivity index (χ0v) is 20.7. The summed E-state index contributed by atoms with van der Waals surface area (Å²) < 4.78 is 2.19. The lowest BCUT2D eigenvalue weighted by molar-refractivity contribution is 0.900. The molecule has 0 saturated carbocycles. The summed E-state index contributed by atoms with van der Waals surface area (Å²) >= 11 is 0. The van der Waals surface area contributed by atoms with Crippen LogP contribution in [0.2, 0.25) is 0 Å². The zero-order chi connectivity index (χ0) is 24.6. The van der Waals surface area contributed by atoms with Crippen LogP contribution in [0.25, 0.3) is 32.3 Å². The fourth-order valence-electron chi connectivity index (χ4n) is 5.12. The Kier molecular flexibility index (Phi) is 5.46. The van der Waals surface area contributed by atoms with Crippen molar-refractivity contribution in [2.24, 2.45) is 17.0 Å². The third-order valence-corrected chi connectivity index (χ3v) is 6.94. The first kappa shape index (κ1) is 22.0. The highest BCUT2D eigenvalue weighted by Gasteiger charge is 2.13. The first-order chi connectivity index (χ1) is 17.6. The molecule has 0 saturated heterocycles. The van der Waals surface area contributed by atoms with Gasteiger partial charge in [0.2, 0.25) is 0 Å². The SMILES string of the molecule is CC(=Nc1cccc2ccccc12)c1ccc(C(C)=Nc2c3ccccc3cc3ccccc23)n1C. The molecule has 0 spiro atoms. The van der Waals surface area contributed by atoms with Crippen molar-refractivity contribution in [2.45, 2.75) is 13.8 Å². The van der Waals surface area contributed by atoms with Crippen LogP contribution in [-0.2, 0) is 7.05 Å². The Morgan fingerprint density at radius 2 is 1.03 bits per heavy atom. The molecular formula is C33H27N3. The number of hydrogen-bond donors (Lipinski definition) is 0. The number of benzene rings is 5. The van der Waals surface area contributed by atoms with Gasteiger partial charge < -0.3 is 4.57 Å². The molecule has 174 valence electrons. The van der Waals surface area contributed by atoms with E-state index in [0.717, 1.165) is 39.6 Å². The Bertz CT molecular complexity index is 1760. The van der Waals surface area contributed by atoms with E-state index in [2.05, 4.69) is 135 Å². The van der Waals surface area contributed by atoms with Crippen molar-refractivity contribution in [2.75, 3.05) is 0 Å². The molecule has 0 radical (unpaired) electrons. The molecule has 0 aliphatic carbocycles. The highest BCUT2D eigenvalue weighted by molar-refractivity contribution is 6.13. The van der Waals surface area contributed by atoms with Gasteiger partial charge in [-0.3, -0.25) is 9.98 Å². The topological polar surface area (TPSA) is 29.6 Å². The predicted molar refractivity (Wildman–Crippen MR) is 155 cm³/mol. The molecule has 5 aromatic carbocycles. The fourth-order valence-corrected chi connectivity index (χ4v) is 5.12. The van der Waals surface area contributed by atoms with Crippen LogP contribution in [0.1, 0.15) is 25.2 Å². The van der Waals surface area contributed by atoms with Gasteiger partial charge in [-0.15, -0.1) is 0 Å². The molecule has 6 rings (SSSR count). The van der Waals surface area contributed by atoms with E-state index in [-0.39, 0.29) is 0 Å². The number of fused-ring (bicyclic) bond motifs is 3. The van der Waals surface area contributed by atoms with Crippen molar-refractivity contribution in [3.63, 3.8) is 0 Å². The van der Waals surface area contributed by atoms with E-state index in [9.17, 15) is 0 Å². The average molecular weight is 466 g/mol. The number of rotatable bonds is 4. The summed E-state index contributed by atoms with van der Waals surface area (Å²) in [6.45, 7) is 4.17. The first-order valence-electron chi connectivity index (χ1n) is 12.3. The minimum absolute atomic E-state index is 0.975. The van der Waals surface area contributed by atoms with E-state index in [1.165, 1.54) is 26.9 Å². The van der Waals surface area contributed by atoms with Gasteiger partial charge in [0.15, 0.2) is 0 Å². The first-order valence-corrected chi connectivity index (χ1v) is 12.3. The van der Waals surface area contributed by atoms with E-state index >= 15 is 0 Å². The molecule has 3 nitrogen and oxygen atoms in total. The predicted octanol–water partition coefficient (Wildman–Crippen LogP) is 8.77. The van der Waals surface area contributed by atoms with E-state index in [0.29, 0.717) is 0 Å². The highest BCUT2D eigenvalue weighted by Crippen LogP contribution is 2.35. The fraction of sp³-hybridized carbons (Fsp3) is 0.0909. The lowest BCUT2D eigenvalue weighted by atomic mass is 10.0. The standard InChI is InChI=1S/C33H27N3/c1-22(34-30-18-10-14-24-11-4-7-15-27(24)30)31-19-20-32(36(31)3)23(2)35-33-28-16-8-5-12-25(28)21-26-13-6-9-17-29(26)33/h4-21H,1-3H3. The largest absolute Gasteiger partial charge is 0.342 e. The van der Waals surface area contributed by atoms with E-state index in [1.807, 2.05) is 0 Å². The molecule has 0 unspecified atom stereocenters. The quantitative estimate of drug-likeness (QED) is 0.184. The van der Waals surface area contributed by atoms with E-state index in [4.69, 9.17) is 9.98 Å². The van der Waals surface area contributed by atoms with Gasteiger partial charge in [-0.05, 0) is 54.3 Å². The number of aromatic nitrogens is 1. The van der Waals surface area contributed by atoms with Crippen molar-refractivity contribution in [1.82, 2.24) is 4.57 Å². The lowest BCUT2D eigenvalue weighted by Gasteiger charge is -2.11. The number of nitrogens with zero attached hydrogens (tertiary/aromatic N) is 3. The monoisotopic (exact) mass is 465 g/mol. The van der Waals surface area contributed by atoms with E-state index < -0.39 is 0 Å². The van der Waals surface area contributed by atoms with Gasteiger partial charge in [-0.25, -0.2) is 0 Å². The summed E-state index contributed by atoms with van der Waals surface area (Å²) in [4.78, 5) is 10.2. The second kappa shape index (κ2) is 8.94. The molecule has 0 fully saturated rings. The van der Waals surface area contributed by atoms with Crippen LogP contribution in [0.4, 0.5) is 11.4 Å². The van der Waals surface area contributed by atoms with Gasteiger partial charge >= 0.3 is 0 Å². The second-order valence-corrected chi connectivity index (χ2v) is 9.22. The van der Waals surface area contributed by atoms with Crippen LogP contribution in [0.5, 0.6) is 0 Å². The maximum Gasteiger partial charge on any atom is 0.0790 e. The highest BCUT2D eigenvalue weighted by atomic mass is 15.0. The molecular weight excluding hydrogens is 438 g/mol. The van der Waals surface area contributed by atoms with Crippen LogP contribution in [0.15, 0.2) is 119 Å². The molecule has 0 aliphatic heterocycles. The molecule has 0 atom stereocenters. The second-order valence-electron chi connectivity index (χ2n) is 9.22. The minimum atomic E-state index is 0.975. The van der Waals surface area contributed by atoms with Crippen molar-refractivity contribution in [3.8, 4) is 0 Å². The smallest absolute Gasteiger partial charge is 0.0790 e. The molecule has 36 heavy (non-hydrogen) atoms. The molecule has 1 aromatic heterocycles. The molecule has 0 bridgehead atoms. The Balaban J connectivity index is 1.44. The zero-order valence-electron chi connectivity index (χ0n) is 20.7. The number of aliphatic imine (C=N–C) groups is 2. The van der Waals surface area contributed by atoms with Crippen LogP contribution < -0.4 is 0 Å². The Hall–Kier alpha value is -4.50. The van der Waals surface area contributed by atoms with Crippen LogP contribution in [-0.4, -0.2) is 16.0 Å². The summed E-state index contributed by atoms with van der Waals surface area (Å²) in [7, 11) is 2.09. The van der Waals surface area contributed by atoms with Gasteiger partial charge in [0.05, 0.1) is 34.2 Å². The lowest BCUT2D eigenvalue weighted by Crippen LogP contribution is -2.09. The maximum absolute atomic E-state index is 5.20. The normalized spacial score (nSPS) is 12.6. The van der Waals surface area contributed by atoms with Crippen molar-refractivity contribution in [1.29, 1.82) is 0 Å². The third kappa shape index (κ3) is 3.79. The molecule has 0 aliphatic rings. The Labute approximate surface area is 211 Å².